The van der Waals surface area contributed by atoms with Crippen LogP contribution in [0.4, 0.5) is 0 Å². The fourth-order valence-corrected chi connectivity index (χ4v) is 2.67. The third kappa shape index (κ3) is 3.54. The molecule has 96 valence electrons. The largest absolute Gasteiger partial charge is 0.360 e. The highest BCUT2D eigenvalue weighted by Gasteiger charge is 2.24. The molecule has 0 atom stereocenters. The summed E-state index contributed by atoms with van der Waals surface area (Å²) in [6, 6.07) is 3.04. The molecule has 0 aliphatic heterocycles. The number of hydrogen-bond donors (Lipinski definition) is 1. The highest BCUT2D eigenvalue weighted by molar-refractivity contribution is 4.94. The maximum atomic E-state index is 5.96. The van der Waals surface area contributed by atoms with Crippen LogP contribution in [0.1, 0.15) is 44.8 Å². The van der Waals surface area contributed by atoms with Crippen LogP contribution in [0.3, 0.4) is 0 Å². The average molecular weight is 237 g/mol. The third-order valence-electron chi connectivity index (χ3n) is 3.62. The van der Waals surface area contributed by atoms with Crippen LogP contribution in [0.15, 0.2) is 16.8 Å². The maximum absolute atomic E-state index is 5.96. The lowest BCUT2D eigenvalue weighted by molar-refractivity contribution is 0.129. The molecule has 1 aromatic rings. The molecule has 0 amide bonds. The molecule has 2 rings (SSSR count). The van der Waals surface area contributed by atoms with Gasteiger partial charge in [0.25, 0.3) is 0 Å². The van der Waals surface area contributed by atoms with E-state index in [1.165, 1.54) is 19.3 Å². The van der Waals surface area contributed by atoms with Crippen LogP contribution in [0.2, 0.25) is 0 Å². The van der Waals surface area contributed by atoms with Crippen LogP contribution < -0.4 is 5.73 Å². The highest BCUT2D eigenvalue weighted by atomic mass is 16.5. The summed E-state index contributed by atoms with van der Waals surface area (Å²) < 4.78 is 5.21. The summed E-state index contributed by atoms with van der Waals surface area (Å²) in [4.78, 5) is 2.52. The first-order valence-electron chi connectivity index (χ1n) is 6.68. The van der Waals surface area contributed by atoms with Gasteiger partial charge >= 0.3 is 0 Å². The number of rotatable bonds is 5. The van der Waals surface area contributed by atoms with Crippen LogP contribution >= 0.6 is 0 Å². The maximum Gasteiger partial charge on any atom is 0.150 e. The zero-order chi connectivity index (χ0) is 12.1. The number of nitrogens with two attached hydrogens (primary N) is 1. The monoisotopic (exact) mass is 237 g/mol. The Balaban J connectivity index is 1.92. The number of aromatic nitrogens is 1. The summed E-state index contributed by atoms with van der Waals surface area (Å²) >= 11 is 0. The molecule has 0 spiro atoms. The van der Waals surface area contributed by atoms with E-state index >= 15 is 0 Å². The molecule has 4 heteroatoms. The zero-order valence-electron chi connectivity index (χ0n) is 10.6. The van der Waals surface area contributed by atoms with Gasteiger partial charge in [0.15, 0.2) is 5.76 Å². The lowest BCUT2D eigenvalue weighted by Gasteiger charge is -2.35. The van der Waals surface area contributed by atoms with Crippen molar-refractivity contribution in [3.63, 3.8) is 0 Å². The Morgan fingerprint density at radius 1 is 1.41 bits per heavy atom. The molecular formula is C13H23N3O. The van der Waals surface area contributed by atoms with Crippen molar-refractivity contribution in [1.29, 1.82) is 0 Å². The van der Waals surface area contributed by atoms with Crippen molar-refractivity contribution in [2.75, 3.05) is 6.54 Å². The third-order valence-corrected chi connectivity index (χ3v) is 3.62. The van der Waals surface area contributed by atoms with E-state index in [4.69, 9.17) is 10.3 Å². The minimum atomic E-state index is 0.417. The van der Waals surface area contributed by atoms with Gasteiger partial charge in [-0.1, -0.05) is 12.1 Å². The van der Waals surface area contributed by atoms with E-state index in [1.807, 2.05) is 6.07 Å². The second-order valence-electron chi connectivity index (χ2n) is 5.02. The molecule has 2 N–H and O–H groups in total. The van der Waals surface area contributed by atoms with E-state index in [0.717, 1.165) is 31.7 Å². The Bertz CT molecular complexity index is 304. The average Bonchev–Trinajstić information content (AvgIpc) is 2.82. The van der Waals surface area contributed by atoms with Gasteiger partial charge in [0, 0.05) is 18.2 Å². The van der Waals surface area contributed by atoms with Crippen molar-refractivity contribution in [1.82, 2.24) is 10.1 Å². The highest BCUT2D eigenvalue weighted by Crippen LogP contribution is 2.23. The van der Waals surface area contributed by atoms with Gasteiger partial charge in [-0.05, 0) is 38.6 Å². The molecule has 0 radical (unpaired) electrons. The normalized spacial score (nSPS) is 25.4. The van der Waals surface area contributed by atoms with Crippen LogP contribution in [0.25, 0.3) is 0 Å². The Kier molecular flexibility index (Phi) is 4.57. The Hall–Kier alpha value is -0.870. The molecule has 0 saturated heterocycles. The predicted octanol–water partition coefficient (Wildman–Crippen LogP) is 2.16. The Morgan fingerprint density at radius 3 is 2.76 bits per heavy atom. The van der Waals surface area contributed by atoms with Crippen molar-refractivity contribution in [2.45, 2.75) is 57.7 Å². The standard InChI is InChI=1S/C13H23N3O/c1-2-9-16(10-13-7-8-15-17-13)12-5-3-11(14)4-6-12/h7-8,11-12H,2-6,9-10,14H2,1H3. The minimum absolute atomic E-state index is 0.417. The smallest absolute Gasteiger partial charge is 0.150 e. The van der Waals surface area contributed by atoms with Crippen LogP contribution in [-0.2, 0) is 6.54 Å². The first-order chi connectivity index (χ1) is 8.29. The zero-order valence-corrected chi connectivity index (χ0v) is 10.6. The van der Waals surface area contributed by atoms with E-state index in [2.05, 4.69) is 17.0 Å². The van der Waals surface area contributed by atoms with Gasteiger partial charge in [0.05, 0.1) is 12.7 Å². The Labute approximate surface area is 103 Å². The van der Waals surface area contributed by atoms with Gasteiger partial charge in [0.1, 0.15) is 0 Å². The van der Waals surface area contributed by atoms with E-state index < -0.39 is 0 Å². The second-order valence-corrected chi connectivity index (χ2v) is 5.02. The van der Waals surface area contributed by atoms with E-state index in [9.17, 15) is 0 Å². The molecule has 17 heavy (non-hydrogen) atoms. The molecule has 0 aromatic carbocycles. The summed E-state index contributed by atoms with van der Waals surface area (Å²) in [6.45, 7) is 4.23. The van der Waals surface area contributed by atoms with E-state index in [1.54, 1.807) is 6.20 Å². The molecule has 4 nitrogen and oxygen atoms in total. The minimum Gasteiger partial charge on any atom is -0.360 e. The molecule has 1 fully saturated rings. The summed E-state index contributed by atoms with van der Waals surface area (Å²) in [5.74, 6) is 0.966. The summed E-state index contributed by atoms with van der Waals surface area (Å²) in [6.07, 6.45) is 7.64. The van der Waals surface area contributed by atoms with Crippen molar-refractivity contribution in [3.8, 4) is 0 Å². The molecule has 1 saturated carbocycles. The SMILES string of the molecule is CCCN(Cc1ccno1)C1CCC(N)CC1. The first kappa shape index (κ1) is 12.6. The summed E-state index contributed by atoms with van der Waals surface area (Å²) in [5, 5.41) is 3.77. The van der Waals surface area contributed by atoms with Crippen LogP contribution in [0.5, 0.6) is 0 Å². The molecule has 1 heterocycles. The fourth-order valence-electron chi connectivity index (χ4n) is 2.67. The molecule has 1 aliphatic carbocycles. The van der Waals surface area contributed by atoms with Crippen molar-refractivity contribution in [2.24, 2.45) is 5.73 Å². The van der Waals surface area contributed by atoms with Crippen molar-refractivity contribution < 1.29 is 4.52 Å². The van der Waals surface area contributed by atoms with Gasteiger partial charge < -0.3 is 10.3 Å². The topological polar surface area (TPSA) is 55.3 Å². The number of hydrogen-bond acceptors (Lipinski definition) is 4. The summed E-state index contributed by atoms with van der Waals surface area (Å²) in [5.41, 5.74) is 5.96. The predicted molar refractivity (Wildman–Crippen MR) is 67.4 cm³/mol. The van der Waals surface area contributed by atoms with Crippen LogP contribution in [-0.4, -0.2) is 28.7 Å². The van der Waals surface area contributed by atoms with E-state index in [-0.39, 0.29) is 0 Å². The lowest BCUT2D eigenvalue weighted by atomic mass is 9.90. The fraction of sp³-hybridized carbons (Fsp3) is 0.769. The summed E-state index contributed by atoms with van der Waals surface area (Å²) in [7, 11) is 0. The van der Waals surface area contributed by atoms with E-state index in [0.29, 0.717) is 12.1 Å². The molecule has 1 aromatic heterocycles. The lowest BCUT2D eigenvalue weighted by Crippen LogP contribution is -2.40. The Morgan fingerprint density at radius 2 is 2.18 bits per heavy atom. The van der Waals surface area contributed by atoms with Gasteiger partial charge in [-0.25, -0.2) is 0 Å². The second kappa shape index (κ2) is 6.17. The van der Waals surface area contributed by atoms with Crippen molar-refractivity contribution >= 4 is 0 Å². The van der Waals surface area contributed by atoms with Crippen LogP contribution in [0, 0.1) is 0 Å². The molecule has 0 bridgehead atoms. The number of nitrogens with zero attached hydrogens (tertiary/aromatic N) is 2. The van der Waals surface area contributed by atoms with Gasteiger partial charge in [0.2, 0.25) is 0 Å². The quantitative estimate of drug-likeness (QED) is 0.852. The van der Waals surface area contributed by atoms with Crippen molar-refractivity contribution in [3.05, 3.63) is 18.0 Å². The first-order valence-corrected chi connectivity index (χ1v) is 6.68. The molecular weight excluding hydrogens is 214 g/mol. The van der Waals surface area contributed by atoms with Gasteiger partial charge in [-0.2, -0.15) is 0 Å². The molecule has 1 aliphatic rings. The van der Waals surface area contributed by atoms with Gasteiger partial charge in [-0.3, -0.25) is 4.90 Å². The molecule has 0 unspecified atom stereocenters. The van der Waals surface area contributed by atoms with Gasteiger partial charge in [-0.15, -0.1) is 0 Å².